The summed E-state index contributed by atoms with van der Waals surface area (Å²) in [5, 5.41) is 1.90. The predicted molar refractivity (Wildman–Crippen MR) is 73.5 cm³/mol. The van der Waals surface area contributed by atoms with Gasteiger partial charge >= 0.3 is 0 Å². The first-order valence-corrected chi connectivity index (χ1v) is 6.34. The van der Waals surface area contributed by atoms with E-state index in [9.17, 15) is 0 Å². The van der Waals surface area contributed by atoms with Crippen molar-refractivity contribution in [1.82, 2.24) is 4.98 Å². The summed E-state index contributed by atoms with van der Waals surface area (Å²) < 4.78 is 0. The number of pyridine rings is 1. The van der Waals surface area contributed by atoms with Gasteiger partial charge in [0.25, 0.3) is 0 Å². The van der Waals surface area contributed by atoms with E-state index in [1.807, 2.05) is 18.2 Å². The monoisotopic (exact) mass is 248 g/mol. The number of nitrogens with two attached hydrogens (primary N) is 1. The number of nitrogens with zero attached hydrogens (tertiary/aromatic N) is 1. The van der Waals surface area contributed by atoms with Gasteiger partial charge in [-0.1, -0.05) is 11.6 Å². The molecule has 0 atom stereocenters. The van der Waals surface area contributed by atoms with Crippen molar-refractivity contribution in [3.63, 3.8) is 0 Å². The molecule has 0 saturated carbocycles. The topological polar surface area (TPSA) is 38.9 Å². The average molecular weight is 249 g/mol. The quantitative estimate of drug-likeness (QED) is 0.842. The predicted octanol–water partition coefficient (Wildman–Crippen LogP) is 3.48. The third-order valence-corrected chi connectivity index (χ3v) is 3.15. The molecule has 2 nitrogen and oxygen atoms in total. The van der Waals surface area contributed by atoms with E-state index in [4.69, 9.17) is 17.3 Å². The van der Waals surface area contributed by atoms with Crippen LogP contribution in [0.15, 0.2) is 24.3 Å². The molecule has 2 aromatic rings. The van der Waals surface area contributed by atoms with Gasteiger partial charge in [0, 0.05) is 16.1 Å². The number of hydrogen-bond donors (Lipinski definition) is 1. The lowest BCUT2D eigenvalue weighted by Crippen LogP contribution is -2.00. The van der Waals surface area contributed by atoms with E-state index in [1.165, 1.54) is 5.56 Å². The normalized spacial score (nSPS) is 11.0. The van der Waals surface area contributed by atoms with Gasteiger partial charge in [-0.3, -0.25) is 4.98 Å². The molecular formula is C14H17ClN2. The highest BCUT2D eigenvalue weighted by Gasteiger charge is 2.03. The molecule has 90 valence electrons. The van der Waals surface area contributed by atoms with Gasteiger partial charge in [-0.2, -0.15) is 0 Å². The van der Waals surface area contributed by atoms with Crippen LogP contribution in [0.2, 0.25) is 5.02 Å². The van der Waals surface area contributed by atoms with E-state index >= 15 is 0 Å². The van der Waals surface area contributed by atoms with Crippen LogP contribution in [-0.4, -0.2) is 11.5 Å². The van der Waals surface area contributed by atoms with E-state index in [2.05, 4.69) is 18.0 Å². The Morgan fingerprint density at radius 3 is 2.82 bits per heavy atom. The summed E-state index contributed by atoms with van der Waals surface area (Å²) >= 11 is 5.99. The number of unbranched alkanes of at least 4 members (excludes halogenated alkanes) is 1. The number of aryl methyl sites for hydroxylation is 2. The summed E-state index contributed by atoms with van der Waals surface area (Å²) in [7, 11) is 0. The fourth-order valence-corrected chi connectivity index (χ4v) is 2.19. The van der Waals surface area contributed by atoms with Crippen molar-refractivity contribution >= 4 is 22.5 Å². The van der Waals surface area contributed by atoms with Crippen LogP contribution in [0, 0.1) is 6.92 Å². The summed E-state index contributed by atoms with van der Waals surface area (Å²) in [6, 6.07) is 8.00. The van der Waals surface area contributed by atoms with Gasteiger partial charge < -0.3 is 5.73 Å². The van der Waals surface area contributed by atoms with Crippen LogP contribution in [0.4, 0.5) is 0 Å². The molecule has 0 unspecified atom stereocenters. The molecule has 0 aliphatic carbocycles. The minimum absolute atomic E-state index is 0.752. The summed E-state index contributed by atoms with van der Waals surface area (Å²) in [5.74, 6) is 0. The highest BCUT2D eigenvalue weighted by molar-refractivity contribution is 6.31. The van der Waals surface area contributed by atoms with Crippen LogP contribution >= 0.6 is 11.6 Å². The summed E-state index contributed by atoms with van der Waals surface area (Å²) in [6.45, 7) is 2.86. The number of fused-ring (bicyclic) bond motifs is 1. The first-order valence-electron chi connectivity index (χ1n) is 5.96. The second-order valence-corrected chi connectivity index (χ2v) is 4.77. The standard InChI is InChI=1S/C14H17ClN2/c1-10-8-12(4-2-3-7-16)17-14-6-5-11(15)9-13(10)14/h5-6,8-9H,2-4,7,16H2,1H3. The maximum absolute atomic E-state index is 5.99. The maximum Gasteiger partial charge on any atom is 0.0708 e. The van der Waals surface area contributed by atoms with E-state index < -0.39 is 0 Å². The summed E-state index contributed by atoms with van der Waals surface area (Å²) in [6.07, 6.45) is 3.15. The second-order valence-electron chi connectivity index (χ2n) is 4.34. The number of hydrogen-bond acceptors (Lipinski definition) is 2. The SMILES string of the molecule is Cc1cc(CCCCN)nc2ccc(Cl)cc12. The van der Waals surface area contributed by atoms with Crippen molar-refractivity contribution in [2.75, 3.05) is 6.54 Å². The maximum atomic E-state index is 5.99. The fourth-order valence-electron chi connectivity index (χ4n) is 2.01. The van der Waals surface area contributed by atoms with Gasteiger partial charge in [-0.05, 0) is 62.6 Å². The molecule has 3 heteroatoms. The molecule has 1 aromatic carbocycles. The van der Waals surface area contributed by atoms with Crippen LogP contribution in [0.25, 0.3) is 10.9 Å². The van der Waals surface area contributed by atoms with Gasteiger partial charge in [0.1, 0.15) is 0 Å². The molecule has 1 aromatic heterocycles. The first-order chi connectivity index (χ1) is 8.20. The molecule has 1 heterocycles. The number of rotatable bonds is 4. The highest BCUT2D eigenvalue weighted by atomic mass is 35.5. The molecule has 17 heavy (non-hydrogen) atoms. The Kier molecular flexibility index (Phi) is 3.97. The van der Waals surface area contributed by atoms with Crippen LogP contribution < -0.4 is 5.73 Å². The Balaban J connectivity index is 2.32. The van der Waals surface area contributed by atoms with E-state index in [1.54, 1.807) is 0 Å². The molecule has 2 N–H and O–H groups in total. The van der Waals surface area contributed by atoms with Crippen molar-refractivity contribution in [3.8, 4) is 0 Å². The largest absolute Gasteiger partial charge is 0.330 e. The first kappa shape index (κ1) is 12.3. The third-order valence-electron chi connectivity index (χ3n) is 2.92. The summed E-state index contributed by atoms with van der Waals surface area (Å²) in [4.78, 5) is 4.65. The highest BCUT2D eigenvalue weighted by Crippen LogP contribution is 2.22. The van der Waals surface area contributed by atoms with Gasteiger partial charge in [0.2, 0.25) is 0 Å². The minimum Gasteiger partial charge on any atom is -0.330 e. The molecular weight excluding hydrogens is 232 g/mol. The smallest absolute Gasteiger partial charge is 0.0708 e. The lowest BCUT2D eigenvalue weighted by Gasteiger charge is -2.06. The molecule has 0 saturated heterocycles. The molecule has 0 spiro atoms. The van der Waals surface area contributed by atoms with Crippen molar-refractivity contribution < 1.29 is 0 Å². The fraction of sp³-hybridized carbons (Fsp3) is 0.357. The minimum atomic E-state index is 0.752. The van der Waals surface area contributed by atoms with Gasteiger partial charge in [-0.15, -0.1) is 0 Å². The molecule has 2 rings (SSSR count). The zero-order valence-electron chi connectivity index (χ0n) is 10.0. The zero-order chi connectivity index (χ0) is 12.3. The summed E-state index contributed by atoms with van der Waals surface area (Å²) in [5.41, 5.74) is 8.90. The van der Waals surface area contributed by atoms with Crippen LogP contribution in [0.5, 0.6) is 0 Å². The Hall–Kier alpha value is -1.12. The van der Waals surface area contributed by atoms with E-state index in [-0.39, 0.29) is 0 Å². The Morgan fingerprint density at radius 1 is 1.24 bits per heavy atom. The molecule has 0 aliphatic heterocycles. The van der Waals surface area contributed by atoms with Gasteiger partial charge in [0.15, 0.2) is 0 Å². The van der Waals surface area contributed by atoms with E-state index in [0.717, 1.165) is 47.4 Å². The molecule has 0 aliphatic rings. The molecule has 0 radical (unpaired) electrons. The second kappa shape index (κ2) is 5.48. The van der Waals surface area contributed by atoms with Crippen LogP contribution in [-0.2, 0) is 6.42 Å². The number of aromatic nitrogens is 1. The number of halogens is 1. The Labute approximate surface area is 107 Å². The molecule has 0 bridgehead atoms. The Bertz CT molecular complexity index is 523. The van der Waals surface area contributed by atoms with Crippen molar-refractivity contribution in [1.29, 1.82) is 0 Å². The third kappa shape index (κ3) is 2.96. The lowest BCUT2D eigenvalue weighted by atomic mass is 10.1. The Morgan fingerprint density at radius 2 is 2.06 bits per heavy atom. The van der Waals surface area contributed by atoms with Gasteiger partial charge in [0.05, 0.1) is 5.52 Å². The van der Waals surface area contributed by atoms with Crippen LogP contribution in [0.1, 0.15) is 24.1 Å². The van der Waals surface area contributed by atoms with E-state index in [0.29, 0.717) is 0 Å². The van der Waals surface area contributed by atoms with Crippen molar-refractivity contribution in [2.24, 2.45) is 5.73 Å². The van der Waals surface area contributed by atoms with Gasteiger partial charge in [-0.25, -0.2) is 0 Å². The molecule has 0 fully saturated rings. The average Bonchev–Trinajstić information content (AvgIpc) is 2.31. The van der Waals surface area contributed by atoms with Crippen molar-refractivity contribution in [3.05, 3.63) is 40.5 Å². The van der Waals surface area contributed by atoms with Crippen LogP contribution in [0.3, 0.4) is 0 Å². The van der Waals surface area contributed by atoms with Crippen molar-refractivity contribution in [2.45, 2.75) is 26.2 Å². The zero-order valence-corrected chi connectivity index (χ0v) is 10.8. The lowest BCUT2D eigenvalue weighted by molar-refractivity contribution is 0.734. The molecule has 0 amide bonds. The number of benzene rings is 1.